The third kappa shape index (κ3) is 6.10. The van der Waals surface area contributed by atoms with Gasteiger partial charge in [0.25, 0.3) is 0 Å². The summed E-state index contributed by atoms with van der Waals surface area (Å²) in [6.45, 7) is 2.43. The summed E-state index contributed by atoms with van der Waals surface area (Å²) >= 11 is 0. The second kappa shape index (κ2) is 6.42. The number of rotatable bonds is 7. The van der Waals surface area contributed by atoms with Gasteiger partial charge in [-0.25, -0.2) is 0 Å². The van der Waals surface area contributed by atoms with Crippen molar-refractivity contribution in [1.29, 1.82) is 0 Å². The molecule has 0 aliphatic rings. The molecule has 5 nitrogen and oxygen atoms in total. The highest BCUT2D eigenvalue weighted by molar-refractivity contribution is 5.78. The van der Waals surface area contributed by atoms with E-state index in [1.54, 1.807) is 0 Å². The Morgan fingerprint density at radius 3 is 2.38 bits per heavy atom. The van der Waals surface area contributed by atoms with Crippen molar-refractivity contribution in [2.24, 2.45) is 0 Å². The summed E-state index contributed by atoms with van der Waals surface area (Å²) in [7, 11) is 0. The lowest BCUT2D eigenvalue weighted by Crippen LogP contribution is -2.48. The first kappa shape index (κ1) is 11.9. The molecule has 76 valence electrons. The van der Waals surface area contributed by atoms with Crippen LogP contribution in [-0.2, 0) is 9.59 Å². The summed E-state index contributed by atoms with van der Waals surface area (Å²) in [5.41, 5.74) is 0. The van der Waals surface area contributed by atoms with Gasteiger partial charge in [0.1, 0.15) is 0 Å². The van der Waals surface area contributed by atoms with Crippen LogP contribution in [0.2, 0.25) is 0 Å². The van der Waals surface area contributed by atoms with Crippen LogP contribution in [0.4, 0.5) is 0 Å². The first-order valence-corrected chi connectivity index (χ1v) is 4.22. The summed E-state index contributed by atoms with van der Waals surface area (Å²) < 4.78 is 0. The fourth-order valence-corrected chi connectivity index (χ4v) is 0.859. The Balaban J connectivity index is 3.81. The van der Waals surface area contributed by atoms with Gasteiger partial charge in [0.2, 0.25) is 0 Å². The van der Waals surface area contributed by atoms with E-state index in [9.17, 15) is 19.8 Å². The molecule has 0 aromatic rings. The second-order valence-corrected chi connectivity index (χ2v) is 2.76. The minimum Gasteiger partial charge on any atom is -0.550 e. The summed E-state index contributed by atoms with van der Waals surface area (Å²) in [4.78, 5) is 20.5. The van der Waals surface area contributed by atoms with Crippen LogP contribution < -0.4 is 15.5 Å². The van der Waals surface area contributed by atoms with Gasteiger partial charge >= 0.3 is 0 Å². The highest BCUT2D eigenvalue weighted by Gasteiger charge is 2.08. The molecule has 1 atom stereocenters. The standard InChI is InChI=1S/C8H15NO4/c1-2-3-4-9-6(8(12)13)5-7(10)11/h6,9H,2-5H2,1H3,(H,10,11)(H,12,13)/p-2. The molecule has 0 rings (SSSR count). The second-order valence-electron chi connectivity index (χ2n) is 2.76. The van der Waals surface area contributed by atoms with Crippen molar-refractivity contribution in [2.75, 3.05) is 6.54 Å². The first-order valence-electron chi connectivity index (χ1n) is 4.22. The van der Waals surface area contributed by atoms with Crippen molar-refractivity contribution in [3.63, 3.8) is 0 Å². The van der Waals surface area contributed by atoms with Crippen molar-refractivity contribution in [3.8, 4) is 0 Å². The lowest BCUT2D eigenvalue weighted by molar-refractivity contribution is -0.317. The van der Waals surface area contributed by atoms with E-state index in [0.29, 0.717) is 6.54 Å². The molecule has 0 saturated heterocycles. The van der Waals surface area contributed by atoms with E-state index in [2.05, 4.69) is 5.32 Å². The van der Waals surface area contributed by atoms with E-state index >= 15 is 0 Å². The van der Waals surface area contributed by atoms with Crippen molar-refractivity contribution in [2.45, 2.75) is 32.2 Å². The number of nitrogens with one attached hydrogen (secondary N) is 1. The number of carboxylic acids is 2. The Morgan fingerprint density at radius 1 is 1.38 bits per heavy atom. The molecule has 0 saturated carbocycles. The Bertz CT molecular complexity index is 181. The van der Waals surface area contributed by atoms with Crippen LogP contribution in [0.1, 0.15) is 26.2 Å². The van der Waals surface area contributed by atoms with Gasteiger partial charge in [-0.3, -0.25) is 0 Å². The molecule has 1 N–H and O–H groups in total. The molecule has 0 spiro atoms. The van der Waals surface area contributed by atoms with Crippen molar-refractivity contribution in [3.05, 3.63) is 0 Å². The Kier molecular flexibility index (Phi) is 5.88. The normalized spacial score (nSPS) is 12.4. The number of hydrogen-bond acceptors (Lipinski definition) is 5. The molecular weight excluding hydrogens is 174 g/mol. The molecule has 13 heavy (non-hydrogen) atoms. The average Bonchev–Trinajstić information content (AvgIpc) is 2.02. The van der Waals surface area contributed by atoms with Gasteiger partial charge in [-0.15, -0.1) is 0 Å². The van der Waals surface area contributed by atoms with E-state index in [4.69, 9.17) is 0 Å². The van der Waals surface area contributed by atoms with Gasteiger partial charge in [0.15, 0.2) is 0 Å². The quantitative estimate of drug-likeness (QED) is 0.450. The van der Waals surface area contributed by atoms with Crippen LogP contribution in [0.5, 0.6) is 0 Å². The number of carbonyl (C=O) groups is 2. The third-order valence-corrected chi connectivity index (χ3v) is 1.58. The number of unbranched alkanes of at least 4 members (excludes halogenated alkanes) is 1. The maximum Gasteiger partial charge on any atom is 0.0588 e. The maximum atomic E-state index is 10.4. The summed E-state index contributed by atoms with van der Waals surface area (Å²) in [5, 5.41) is 23.0. The summed E-state index contributed by atoms with van der Waals surface area (Å²) in [6, 6.07) is -1.14. The number of carbonyl (C=O) groups excluding carboxylic acids is 2. The Hall–Kier alpha value is -1.10. The van der Waals surface area contributed by atoms with Gasteiger partial charge in [0, 0.05) is 12.4 Å². The molecule has 0 aliphatic heterocycles. The maximum absolute atomic E-state index is 10.4. The zero-order chi connectivity index (χ0) is 10.3. The lowest BCUT2D eigenvalue weighted by Gasteiger charge is -2.19. The van der Waals surface area contributed by atoms with E-state index in [1.807, 2.05) is 6.92 Å². The molecule has 0 fully saturated rings. The zero-order valence-corrected chi connectivity index (χ0v) is 7.54. The van der Waals surface area contributed by atoms with Crippen LogP contribution in [0.3, 0.4) is 0 Å². The van der Waals surface area contributed by atoms with Crippen LogP contribution >= 0.6 is 0 Å². The molecule has 0 bridgehead atoms. The molecular formula is C8H13NO4-2. The fraction of sp³-hybridized carbons (Fsp3) is 0.750. The molecule has 0 aliphatic carbocycles. The largest absolute Gasteiger partial charge is 0.550 e. The molecule has 0 radical (unpaired) electrons. The fourth-order valence-electron chi connectivity index (χ4n) is 0.859. The first-order chi connectivity index (χ1) is 6.07. The van der Waals surface area contributed by atoms with Gasteiger partial charge in [-0.05, 0) is 13.0 Å². The lowest BCUT2D eigenvalue weighted by atomic mass is 10.2. The Morgan fingerprint density at radius 2 is 2.00 bits per heavy atom. The van der Waals surface area contributed by atoms with Gasteiger partial charge in [-0.1, -0.05) is 13.3 Å². The smallest absolute Gasteiger partial charge is 0.0588 e. The minimum absolute atomic E-state index is 0.475. The SMILES string of the molecule is CCCCNC(CC(=O)[O-])C(=O)[O-]. The van der Waals surface area contributed by atoms with E-state index < -0.39 is 24.4 Å². The zero-order valence-electron chi connectivity index (χ0n) is 7.54. The monoisotopic (exact) mass is 187 g/mol. The molecule has 0 aromatic heterocycles. The van der Waals surface area contributed by atoms with Crippen LogP contribution in [0.15, 0.2) is 0 Å². The van der Waals surface area contributed by atoms with E-state index in [-0.39, 0.29) is 0 Å². The van der Waals surface area contributed by atoms with Crippen molar-refractivity contribution < 1.29 is 19.8 Å². The van der Waals surface area contributed by atoms with Crippen LogP contribution in [0, 0.1) is 0 Å². The number of aliphatic carboxylic acids is 2. The highest BCUT2D eigenvalue weighted by Crippen LogP contribution is 1.91. The minimum atomic E-state index is -1.40. The van der Waals surface area contributed by atoms with E-state index in [0.717, 1.165) is 12.8 Å². The molecule has 5 heteroatoms. The van der Waals surface area contributed by atoms with Gasteiger partial charge < -0.3 is 25.1 Å². The molecule has 1 unspecified atom stereocenters. The summed E-state index contributed by atoms with van der Waals surface area (Å²) in [6.07, 6.45) is 1.17. The van der Waals surface area contributed by atoms with Crippen LogP contribution in [0.25, 0.3) is 0 Å². The van der Waals surface area contributed by atoms with Gasteiger partial charge in [-0.2, -0.15) is 0 Å². The van der Waals surface area contributed by atoms with Crippen LogP contribution in [-0.4, -0.2) is 24.5 Å². The molecule has 0 amide bonds. The molecule has 0 aromatic carbocycles. The third-order valence-electron chi connectivity index (χ3n) is 1.58. The van der Waals surface area contributed by atoms with Crippen molar-refractivity contribution >= 4 is 11.9 Å². The molecule has 0 heterocycles. The Labute approximate surface area is 76.8 Å². The topological polar surface area (TPSA) is 92.3 Å². The van der Waals surface area contributed by atoms with Crippen molar-refractivity contribution in [1.82, 2.24) is 5.32 Å². The van der Waals surface area contributed by atoms with E-state index in [1.165, 1.54) is 0 Å². The summed E-state index contributed by atoms with van der Waals surface area (Å²) in [5.74, 6) is -2.79. The number of hydrogen-bond donors (Lipinski definition) is 1. The highest BCUT2D eigenvalue weighted by atomic mass is 16.4. The van der Waals surface area contributed by atoms with Gasteiger partial charge in [0.05, 0.1) is 12.0 Å². The predicted octanol–water partition coefficient (Wildman–Crippen LogP) is -2.37. The average molecular weight is 187 g/mol. The number of carboxylic acid groups (broad SMARTS) is 2. The predicted molar refractivity (Wildman–Crippen MR) is 41.3 cm³/mol.